The van der Waals surface area contributed by atoms with Crippen LogP contribution < -0.4 is 0 Å². The second kappa shape index (κ2) is 6.33. The molecule has 1 aliphatic rings. The monoisotopic (exact) mass is 255 g/mol. The highest BCUT2D eigenvalue weighted by Crippen LogP contribution is 2.28. The van der Waals surface area contributed by atoms with Crippen molar-refractivity contribution in [2.75, 3.05) is 13.1 Å². The van der Waals surface area contributed by atoms with Crippen LogP contribution in [-0.4, -0.2) is 29.1 Å². The Kier molecular flexibility index (Phi) is 4.52. The van der Waals surface area contributed by atoms with Crippen molar-refractivity contribution in [3.05, 3.63) is 35.4 Å². The van der Waals surface area contributed by atoms with Crippen molar-refractivity contribution in [3.63, 3.8) is 0 Å². The van der Waals surface area contributed by atoms with E-state index in [9.17, 15) is 5.11 Å². The molecule has 1 atom stereocenters. The molecule has 0 aliphatic heterocycles. The van der Waals surface area contributed by atoms with Crippen LogP contribution in [0, 0.1) is 22.7 Å². The highest BCUT2D eigenvalue weighted by atomic mass is 16.3. The lowest BCUT2D eigenvalue weighted by Crippen LogP contribution is -2.31. The Balaban J connectivity index is 1.96. The summed E-state index contributed by atoms with van der Waals surface area (Å²) in [5, 5.41) is 27.6. The molecule has 1 aliphatic carbocycles. The summed E-state index contributed by atoms with van der Waals surface area (Å²) in [7, 11) is 0. The molecule has 0 amide bonds. The minimum Gasteiger partial charge on any atom is -0.387 e. The molecule has 2 rings (SSSR count). The third kappa shape index (κ3) is 3.79. The Morgan fingerprint density at radius 3 is 2.47 bits per heavy atom. The molecular formula is C15H17N3O. The van der Waals surface area contributed by atoms with Gasteiger partial charge in [0.2, 0.25) is 0 Å². The van der Waals surface area contributed by atoms with Gasteiger partial charge in [0.25, 0.3) is 0 Å². The van der Waals surface area contributed by atoms with Gasteiger partial charge in [0.05, 0.1) is 23.8 Å². The minimum absolute atomic E-state index is 0.497. The standard InChI is InChI=1S/C15H17N3O/c16-8-1-9-18(14-6-7-14)11-15(19)13-4-2-12(10-17)3-5-13/h2-5,14-15,19H,1,6-7,9,11H2. The van der Waals surface area contributed by atoms with Gasteiger partial charge >= 0.3 is 0 Å². The van der Waals surface area contributed by atoms with E-state index in [1.54, 1.807) is 24.3 Å². The Morgan fingerprint density at radius 2 is 1.95 bits per heavy atom. The first-order valence-electron chi connectivity index (χ1n) is 6.53. The number of aliphatic hydroxyl groups excluding tert-OH is 1. The second-order valence-corrected chi connectivity index (χ2v) is 4.88. The lowest BCUT2D eigenvalue weighted by molar-refractivity contribution is 0.110. The number of aliphatic hydroxyl groups is 1. The van der Waals surface area contributed by atoms with Crippen LogP contribution in [-0.2, 0) is 0 Å². The van der Waals surface area contributed by atoms with Crippen LogP contribution in [0.1, 0.15) is 36.5 Å². The summed E-state index contributed by atoms with van der Waals surface area (Å²) in [6.45, 7) is 1.27. The van der Waals surface area contributed by atoms with Crippen LogP contribution in [0.25, 0.3) is 0 Å². The van der Waals surface area contributed by atoms with E-state index >= 15 is 0 Å². The molecular weight excluding hydrogens is 238 g/mol. The average molecular weight is 255 g/mol. The van der Waals surface area contributed by atoms with E-state index in [0.717, 1.165) is 18.4 Å². The molecule has 98 valence electrons. The molecule has 1 aromatic carbocycles. The van der Waals surface area contributed by atoms with Crippen molar-refractivity contribution in [1.29, 1.82) is 10.5 Å². The molecule has 1 N–H and O–H groups in total. The summed E-state index contributed by atoms with van der Waals surface area (Å²) >= 11 is 0. The predicted molar refractivity (Wildman–Crippen MR) is 70.9 cm³/mol. The Bertz CT molecular complexity index is 494. The Hall–Kier alpha value is -1.88. The van der Waals surface area contributed by atoms with Crippen molar-refractivity contribution in [2.45, 2.75) is 31.4 Å². The van der Waals surface area contributed by atoms with E-state index in [-0.39, 0.29) is 0 Å². The normalized spacial score (nSPS) is 15.8. The molecule has 0 spiro atoms. The van der Waals surface area contributed by atoms with E-state index in [1.807, 2.05) is 0 Å². The summed E-state index contributed by atoms with van der Waals surface area (Å²) in [5.41, 5.74) is 1.42. The maximum absolute atomic E-state index is 10.2. The lowest BCUT2D eigenvalue weighted by atomic mass is 10.1. The van der Waals surface area contributed by atoms with Crippen molar-refractivity contribution >= 4 is 0 Å². The zero-order valence-corrected chi connectivity index (χ0v) is 10.8. The summed E-state index contributed by atoms with van der Waals surface area (Å²) < 4.78 is 0. The molecule has 0 aromatic heterocycles. The predicted octanol–water partition coefficient (Wildman–Crippen LogP) is 1.97. The van der Waals surface area contributed by atoms with Crippen LogP contribution in [0.4, 0.5) is 0 Å². The van der Waals surface area contributed by atoms with Gasteiger partial charge in [-0.3, -0.25) is 4.90 Å². The smallest absolute Gasteiger partial charge is 0.0991 e. The third-order valence-electron chi connectivity index (χ3n) is 3.41. The van der Waals surface area contributed by atoms with Gasteiger partial charge in [0, 0.05) is 25.6 Å². The topological polar surface area (TPSA) is 71.1 Å². The second-order valence-electron chi connectivity index (χ2n) is 4.88. The number of benzene rings is 1. The molecule has 19 heavy (non-hydrogen) atoms. The molecule has 4 heteroatoms. The number of rotatable bonds is 6. The Labute approximate surface area is 113 Å². The van der Waals surface area contributed by atoms with E-state index in [2.05, 4.69) is 17.0 Å². The first kappa shape index (κ1) is 13.5. The zero-order chi connectivity index (χ0) is 13.7. The van der Waals surface area contributed by atoms with E-state index in [4.69, 9.17) is 10.5 Å². The summed E-state index contributed by atoms with van der Waals surface area (Å²) in [5.74, 6) is 0. The van der Waals surface area contributed by atoms with Crippen LogP contribution >= 0.6 is 0 Å². The van der Waals surface area contributed by atoms with Gasteiger partial charge in [0.1, 0.15) is 0 Å². The van der Waals surface area contributed by atoms with Gasteiger partial charge in [-0.25, -0.2) is 0 Å². The first-order valence-corrected chi connectivity index (χ1v) is 6.53. The maximum Gasteiger partial charge on any atom is 0.0991 e. The molecule has 1 aromatic rings. The largest absolute Gasteiger partial charge is 0.387 e. The fourth-order valence-corrected chi connectivity index (χ4v) is 2.16. The summed E-state index contributed by atoms with van der Waals surface area (Å²) in [6, 6.07) is 11.8. The third-order valence-corrected chi connectivity index (χ3v) is 3.41. The first-order chi connectivity index (χ1) is 9.24. The maximum atomic E-state index is 10.2. The average Bonchev–Trinajstić information content (AvgIpc) is 3.28. The molecule has 0 bridgehead atoms. The van der Waals surface area contributed by atoms with Gasteiger partial charge in [-0.05, 0) is 30.5 Å². The highest BCUT2D eigenvalue weighted by molar-refractivity contribution is 5.32. The van der Waals surface area contributed by atoms with Gasteiger partial charge < -0.3 is 5.11 Å². The number of hydrogen-bond donors (Lipinski definition) is 1. The quantitative estimate of drug-likeness (QED) is 0.843. The Morgan fingerprint density at radius 1 is 1.26 bits per heavy atom. The van der Waals surface area contributed by atoms with Crippen LogP contribution in [0.5, 0.6) is 0 Å². The van der Waals surface area contributed by atoms with Crippen molar-refractivity contribution in [3.8, 4) is 12.1 Å². The molecule has 1 saturated carbocycles. The molecule has 0 heterocycles. The molecule has 0 saturated heterocycles. The molecule has 0 radical (unpaired) electrons. The van der Waals surface area contributed by atoms with E-state index < -0.39 is 6.10 Å². The summed E-state index contributed by atoms with van der Waals surface area (Å²) in [4.78, 5) is 2.19. The van der Waals surface area contributed by atoms with Crippen molar-refractivity contribution in [1.82, 2.24) is 4.90 Å². The minimum atomic E-state index is -0.563. The van der Waals surface area contributed by atoms with Gasteiger partial charge in [-0.1, -0.05) is 12.1 Å². The number of nitrogens with zero attached hydrogens (tertiary/aromatic N) is 3. The fourth-order valence-electron chi connectivity index (χ4n) is 2.16. The van der Waals surface area contributed by atoms with Crippen molar-refractivity contribution < 1.29 is 5.11 Å². The highest BCUT2D eigenvalue weighted by Gasteiger charge is 2.30. The van der Waals surface area contributed by atoms with Gasteiger partial charge in [-0.15, -0.1) is 0 Å². The fraction of sp³-hybridized carbons (Fsp3) is 0.467. The van der Waals surface area contributed by atoms with E-state index in [0.29, 0.717) is 31.1 Å². The molecule has 1 unspecified atom stereocenters. The molecule has 4 nitrogen and oxygen atoms in total. The SMILES string of the molecule is N#CCCN(CC(O)c1ccc(C#N)cc1)C1CC1. The van der Waals surface area contributed by atoms with Crippen LogP contribution in [0.2, 0.25) is 0 Å². The number of hydrogen-bond acceptors (Lipinski definition) is 4. The van der Waals surface area contributed by atoms with Crippen LogP contribution in [0.3, 0.4) is 0 Å². The summed E-state index contributed by atoms with van der Waals surface area (Å²) in [6.07, 6.45) is 2.25. The van der Waals surface area contributed by atoms with Gasteiger partial charge in [-0.2, -0.15) is 10.5 Å². The van der Waals surface area contributed by atoms with Gasteiger partial charge in [0.15, 0.2) is 0 Å². The lowest BCUT2D eigenvalue weighted by Gasteiger charge is -2.24. The van der Waals surface area contributed by atoms with E-state index in [1.165, 1.54) is 0 Å². The number of nitriles is 2. The molecule has 1 fully saturated rings. The van der Waals surface area contributed by atoms with Crippen LogP contribution in [0.15, 0.2) is 24.3 Å². The van der Waals surface area contributed by atoms with Crippen molar-refractivity contribution in [2.24, 2.45) is 0 Å². The zero-order valence-electron chi connectivity index (χ0n) is 10.8.